The Balaban J connectivity index is 1.57. The van der Waals surface area contributed by atoms with E-state index in [1.54, 1.807) is 17.9 Å². The molecule has 112 valence electrons. The molecule has 0 aromatic heterocycles. The molecule has 0 unspecified atom stereocenters. The van der Waals surface area contributed by atoms with Crippen LogP contribution in [0.5, 0.6) is 5.75 Å². The maximum absolute atomic E-state index is 5.15. The molecule has 0 heterocycles. The van der Waals surface area contributed by atoms with Crippen LogP contribution in [0.4, 0.5) is 0 Å². The van der Waals surface area contributed by atoms with E-state index in [0.717, 1.165) is 17.3 Å². The summed E-state index contributed by atoms with van der Waals surface area (Å²) in [4.78, 5) is 1.40. The van der Waals surface area contributed by atoms with Gasteiger partial charge in [-0.3, -0.25) is 0 Å². The third-order valence-electron chi connectivity index (χ3n) is 2.91. The van der Waals surface area contributed by atoms with Crippen LogP contribution in [0.2, 0.25) is 0 Å². The van der Waals surface area contributed by atoms with Crippen LogP contribution in [0.15, 0.2) is 58.9 Å². The molecule has 1 aliphatic carbocycles. The van der Waals surface area contributed by atoms with E-state index in [2.05, 4.69) is 41.8 Å². The van der Waals surface area contributed by atoms with Gasteiger partial charge in [0.05, 0.1) is 7.11 Å². The van der Waals surface area contributed by atoms with Gasteiger partial charge in [-0.05, 0) is 35.9 Å². The standard InChI is InChI=1S/C17H20OS3/c1-18-16-10-8-15(9-11-16)14-21-20-13-5-12-19-17-6-3-2-4-7-17/h3,5-11,13H,2,4,12,14H2,1H3/b13-5+. The number of rotatable bonds is 8. The molecule has 0 N–H and O–H groups in total. The first-order chi connectivity index (χ1) is 10.4. The zero-order chi connectivity index (χ0) is 14.8. The van der Waals surface area contributed by atoms with Crippen LogP contribution in [-0.2, 0) is 5.75 Å². The summed E-state index contributed by atoms with van der Waals surface area (Å²) in [6, 6.07) is 8.26. The lowest BCUT2D eigenvalue weighted by atomic mass is 10.2. The minimum Gasteiger partial charge on any atom is -0.497 e. The van der Waals surface area contributed by atoms with E-state index in [0.29, 0.717) is 0 Å². The molecule has 0 fully saturated rings. The third-order valence-corrected chi connectivity index (χ3v) is 5.89. The van der Waals surface area contributed by atoms with Crippen molar-refractivity contribution >= 4 is 33.3 Å². The quantitative estimate of drug-likeness (QED) is 0.421. The normalized spacial score (nSPS) is 14.4. The average molecular weight is 337 g/mol. The molecule has 0 saturated carbocycles. The molecule has 1 nitrogen and oxygen atoms in total. The van der Waals surface area contributed by atoms with E-state index in [9.17, 15) is 0 Å². The predicted octanol–water partition coefficient (Wildman–Crippen LogP) is 6.06. The van der Waals surface area contributed by atoms with Gasteiger partial charge in [-0.25, -0.2) is 0 Å². The van der Waals surface area contributed by atoms with Crippen molar-refractivity contribution < 1.29 is 4.74 Å². The van der Waals surface area contributed by atoms with Crippen molar-refractivity contribution in [2.24, 2.45) is 0 Å². The van der Waals surface area contributed by atoms with Gasteiger partial charge in [0.2, 0.25) is 0 Å². The van der Waals surface area contributed by atoms with Gasteiger partial charge in [0, 0.05) is 16.4 Å². The summed E-state index contributed by atoms with van der Waals surface area (Å²) in [7, 11) is 5.35. The maximum atomic E-state index is 5.15. The summed E-state index contributed by atoms with van der Waals surface area (Å²) in [5.41, 5.74) is 1.33. The number of benzene rings is 1. The van der Waals surface area contributed by atoms with Crippen LogP contribution in [0.3, 0.4) is 0 Å². The first-order valence-corrected chi connectivity index (χ1v) is 10.3. The minimum absolute atomic E-state index is 0.916. The highest BCUT2D eigenvalue weighted by Gasteiger charge is 1.96. The Morgan fingerprint density at radius 2 is 2.05 bits per heavy atom. The first-order valence-electron chi connectivity index (χ1n) is 6.94. The van der Waals surface area contributed by atoms with Crippen molar-refractivity contribution in [2.75, 3.05) is 12.9 Å². The van der Waals surface area contributed by atoms with E-state index in [1.807, 2.05) is 34.7 Å². The molecule has 0 amide bonds. The summed E-state index contributed by atoms with van der Waals surface area (Å²) >= 11 is 1.91. The highest BCUT2D eigenvalue weighted by Crippen LogP contribution is 2.28. The second-order valence-electron chi connectivity index (χ2n) is 4.48. The Kier molecular flexibility index (Phi) is 8.00. The average Bonchev–Trinajstić information content (AvgIpc) is 2.55. The Morgan fingerprint density at radius 1 is 1.19 bits per heavy atom. The summed E-state index contributed by atoms with van der Waals surface area (Å²) < 4.78 is 5.15. The lowest BCUT2D eigenvalue weighted by Gasteiger charge is -2.04. The lowest BCUT2D eigenvalue weighted by Crippen LogP contribution is -1.83. The molecular formula is C17H20OS3. The minimum atomic E-state index is 0.916. The molecular weight excluding hydrogens is 316 g/mol. The number of ether oxygens (including phenoxy) is 1. The largest absolute Gasteiger partial charge is 0.497 e. The number of hydrogen-bond donors (Lipinski definition) is 0. The molecule has 4 heteroatoms. The molecule has 0 saturated heterocycles. The summed E-state index contributed by atoms with van der Waals surface area (Å²) in [6.45, 7) is 0. The van der Waals surface area contributed by atoms with Crippen LogP contribution in [-0.4, -0.2) is 12.9 Å². The molecule has 0 aliphatic heterocycles. The van der Waals surface area contributed by atoms with Crippen molar-refractivity contribution in [2.45, 2.75) is 18.6 Å². The fraction of sp³-hybridized carbons (Fsp3) is 0.294. The van der Waals surface area contributed by atoms with Crippen LogP contribution in [0, 0.1) is 0 Å². The molecule has 0 spiro atoms. The zero-order valence-corrected chi connectivity index (χ0v) is 14.6. The van der Waals surface area contributed by atoms with Crippen molar-refractivity contribution in [3.63, 3.8) is 0 Å². The monoisotopic (exact) mass is 336 g/mol. The highest BCUT2D eigenvalue weighted by molar-refractivity contribution is 8.77. The summed E-state index contributed by atoms with van der Waals surface area (Å²) in [6.07, 6.45) is 11.4. The Hall–Kier alpha value is -0.710. The molecule has 0 radical (unpaired) electrons. The summed E-state index contributed by atoms with van der Waals surface area (Å²) in [5, 5.41) is 2.19. The van der Waals surface area contributed by atoms with Gasteiger partial charge in [0.25, 0.3) is 0 Å². The van der Waals surface area contributed by atoms with Gasteiger partial charge in [-0.2, -0.15) is 0 Å². The van der Waals surface area contributed by atoms with Crippen LogP contribution >= 0.6 is 33.3 Å². The predicted molar refractivity (Wildman–Crippen MR) is 99.9 cm³/mol. The van der Waals surface area contributed by atoms with Crippen LogP contribution < -0.4 is 4.74 Å². The fourth-order valence-corrected chi connectivity index (χ4v) is 4.45. The van der Waals surface area contributed by atoms with Crippen molar-refractivity contribution in [3.05, 3.63) is 64.4 Å². The molecule has 0 bridgehead atoms. The van der Waals surface area contributed by atoms with Crippen molar-refractivity contribution in [1.29, 1.82) is 0 Å². The molecule has 1 aromatic carbocycles. The van der Waals surface area contributed by atoms with Gasteiger partial charge in [0.1, 0.15) is 5.75 Å². The molecule has 21 heavy (non-hydrogen) atoms. The van der Waals surface area contributed by atoms with Crippen molar-refractivity contribution in [3.8, 4) is 5.75 Å². The first kappa shape index (κ1) is 16.7. The molecule has 1 aliphatic rings. The van der Waals surface area contributed by atoms with Gasteiger partial charge in [-0.15, -0.1) is 11.8 Å². The van der Waals surface area contributed by atoms with E-state index < -0.39 is 0 Å². The molecule has 1 aromatic rings. The Morgan fingerprint density at radius 3 is 2.76 bits per heavy atom. The highest BCUT2D eigenvalue weighted by atomic mass is 33.1. The molecule has 2 rings (SSSR count). The maximum Gasteiger partial charge on any atom is 0.118 e. The van der Waals surface area contributed by atoms with Crippen LogP contribution in [0.25, 0.3) is 0 Å². The number of allylic oxidation sites excluding steroid dienone is 3. The smallest absolute Gasteiger partial charge is 0.118 e. The Labute approximate surface area is 139 Å². The van der Waals surface area contributed by atoms with Gasteiger partial charge in [-0.1, -0.05) is 58.0 Å². The lowest BCUT2D eigenvalue weighted by molar-refractivity contribution is 0.414. The zero-order valence-electron chi connectivity index (χ0n) is 12.2. The van der Waals surface area contributed by atoms with Crippen molar-refractivity contribution in [1.82, 2.24) is 0 Å². The number of methoxy groups -OCH3 is 1. The van der Waals surface area contributed by atoms with Crippen LogP contribution in [0.1, 0.15) is 18.4 Å². The van der Waals surface area contributed by atoms with Gasteiger partial charge >= 0.3 is 0 Å². The van der Waals surface area contributed by atoms with Gasteiger partial charge < -0.3 is 4.74 Å². The second kappa shape index (κ2) is 10.1. The Bertz CT molecular complexity index is 503. The fourth-order valence-electron chi connectivity index (χ4n) is 1.78. The summed E-state index contributed by atoms with van der Waals surface area (Å²) in [5.74, 6) is 2.98. The van der Waals surface area contributed by atoms with Gasteiger partial charge in [0.15, 0.2) is 0 Å². The number of hydrogen-bond acceptors (Lipinski definition) is 4. The number of thioether (sulfide) groups is 1. The second-order valence-corrected chi connectivity index (χ2v) is 7.84. The topological polar surface area (TPSA) is 9.23 Å². The van der Waals surface area contributed by atoms with E-state index >= 15 is 0 Å². The SMILES string of the molecule is COc1ccc(CSS/C=C/CSC2=CCCC=C2)cc1. The van der Waals surface area contributed by atoms with E-state index in [-0.39, 0.29) is 0 Å². The third kappa shape index (κ3) is 6.72. The van der Waals surface area contributed by atoms with E-state index in [1.165, 1.54) is 23.3 Å². The van der Waals surface area contributed by atoms with E-state index in [4.69, 9.17) is 4.74 Å². The molecule has 0 atom stereocenters.